The number of nitrogens with zero attached hydrogens (tertiary/aromatic N) is 1. The van der Waals surface area contributed by atoms with Crippen LogP contribution in [0.2, 0.25) is 0 Å². The first kappa shape index (κ1) is 8.73. The molecule has 1 fully saturated rings. The molecule has 4 nitrogen and oxygen atoms in total. The molecular formula is C11H12N2O2. The van der Waals surface area contributed by atoms with E-state index in [1.165, 1.54) is 0 Å². The first-order chi connectivity index (χ1) is 7.36. The Morgan fingerprint density at radius 2 is 2.27 bits per heavy atom. The first-order valence-corrected chi connectivity index (χ1v) is 5.13. The van der Waals surface area contributed by atoms with Crippen LogP contribution in [-0.2, 0) is 0 Å². The normalized spacial score (nSPS) is 24.1. The molecular weight excluding hydrogens is 192 g/mol. The minimum Gasteiger partial charge on any atom is -0.468 e. The van der Waals surface area contributed by atoms with Crippen molar-refractivity contribution < 1.29 is 9.53 Å². The molecule has 4 heteroatoms. The van der Waals surface area contributed by atoms with E-state index in [4.69, 9.17) is 4.74 Å². The highest BCUT2D eigenvalue weighted by Crippen LogP contribution is 2.27. The van der Waals surface area contributed by atoms with Gasteiger partial charge < -0.3 is 15.0 Å². The zero-order valence-corrected chi connectivity index (χ0v) is 8.27. The molecule has 0 unspecified atom stereocenters. The Labute approximate surface area is 87.8 Å². The number of benzene rings is 1. The fourth-order valence-corrected chi connectivity index (χ4v) is 2.06. The van der Waals surface area contributed by atoms with Crippen molar-refractivity contribution in [2.45, 2.75) is 6.23 Å². The molecule has 0 aliphatic carbocycles. The molecule has 1 amide bonds. The van der Waals surface area contributed by atoms with E-state index in [1.807, 2.05) is 24.3 Å². The highest BCUT2D eigenvalue weighted by atomic mass is 16.5. The number of carbonyl (C=O) groups excluding carboxylic acids is 1. The van der Waals surface area contributed by atoms with Crippen molar-refractivity contribution in [1.29, 1.82) is 0 Å². The number of hydrogen-bond acceptors (Lipinski definition) is 3. The van der Waals surface area contributed by atoms with Crippen molar-refractivity contribution in [3.8, 4) is 5.75 Å². The monoisotopic (exact) mass is 204 g/mol. The van der Waals surface area contributed by atoms with Gasteiger partial charge in [-0.05, 0) is 12.1 Å². The summed E-state index contributed by atoms with van der Waals surface area (Å²) < 4.78 is 5.75. The SMILES string of the molecule is O=C1c2ccccc2O[C@H]2CNCCN12. The summed E-state index contributed by atoms with van der Waals surface area (Å²) >= 11 is 0. The number of para-hydroxylation sites is 1. The zero-order valence-electron chi connectivity index (χ0n) is 8.27. The van der Waals surface area contributed by atoms with Gasteiger partial charge in [-0.3, -0.25) is 4.79 Å². The van der Waals surface area contributed by atoms with Crippen LogP contribution in [0.15, 0.2) is 24.3 Å². The molecule has 1 aromatic carbocycles. The summed E-state index contributed by atoms with van der Waals surface area (Å²) in [6, 6.07) is 7.41. The standard InChI is InChI=1S/C11H12N2O2/c14-11-8-3-1-2-4-9(8)15-10-7-12-5-6-13(10)11/h1-4,10,12H,5-7H2/t10-/m0/s1. The summed E-state index contributed by atoms with van der Waals surface area (Å²) in [5.41, 5.74) is 0.677. The van der Waals surface area contributed by atoms with E-state index >= 15 is 0 Å². The second-order valence-corrected chi connectivity index (χ2v) is 3.77. The smallest absolute Gasteiger partial charge is 0.260 e. The highest BCUT2D eigenvalue weighted by molar-refractivity contribution is 5.98. The van der Waals surface area contributed by atoms with Gasteiger partial charge in [-0.25, -0.2) is 0 Å². The molecule has 0 aromatic heterocycles. The molecule has 0 bridgehead atoms. The van der Waals surface area contributed by atoms with Crippen LogP contribution in [0.25, 0.3) is 0 Å². The fourth-order valence-electron chi connectivity index (χ4n) is 2.06. The van der Waals surface area contributed by atoms with Crippen LogP contribution < -0.4 is 10.1 Å². The van der Waals surface area contributed by atoms with E-state index in [-0.39, 0.29) is 12.1 Å². The molecule has 1 N–H and O–H groups in total. The van der Waals surface area contributed by atoms with Gasteiger partial charge in [0.05, 0.1) is 12.1 Å². The van der Waals surface area contributed by atoms with Crippen molar-refractivity contribution in [1.82, 2.24) is 10.2 Å². The van der Waals surface area contributed by atoms with Crippen LogP contribution in [0.1, 0.15) is 10.4 Å². The van der Waals surface area contributed by atoms with Crippen LogP contribution in [0.3, 0.4) is 0 Å². The van der Waals surface area contributed by atoms with Crippen LogP contribution >= 0.6 is 0 Å². The van der Waals surface area contributed by atoms with Crippen molar-refractivity contribution >= 4 is 5.91 Å². The Bertz CT molecular complexity index is 405. The van der Waals surface area contributed by atoms with Gasteiger partial charge in [0.1, 0.15) is 5.75 Å². The third kappa shape index (κ3) is 1.29. The number of piperazine rings is 1. The number of carbonyl (C=O) groups is 1. The Morgan fingerprint density at radius 1 is 1.40 bits per heavy atom. The van der Waals surface area contributed by atoms with Crippen molar-refractivity contribution in [2.75, 3.05) is 19.6 Å². The molecule has 0 spiro atoms. The third-order valence-corrected chi connectivity index (χ3v) is 2.84. The lowest BCUT2D eigenvalue weighted by Gasteiger charge is -2.39. The van der Waals surface area contributed by atoms with Gasteiger partial charge >= 0.3 is 0 Å². The van der Waals surface area contributed by atoms with Crippen LogP contribution in [-0.4, -0.2) is 36.7 Å². The number of hydrogen-bond donors (Lipinski definition) is 1. The second kappa shape index (κ2) is 3.24. The lowest BCUT2D eigenvalue weighted by Crippen LogP contribution is -2.58. The minimum atomic E-state index is -0.138. The van der Waals surface area contributed by atoms with E-state index in [0.29, 0.717) is 17.9 Å². The molecule has 1 aromatic rings. The predicted octanol–water partition coefficient (Wildman–Crippen LogP) is 0.450. The lowest BCUT2D eigenvalue weighted by atomic mass is 10.1. The van der Waals surface area contributed by atoms with Crippen molar-refractivity contribution in [2.24, 2.45) is 0 Å². The van der Waals surface area contributed by atoms with Gasteiger partial charge in [0.15, 0.2) is 6.23 Å². The summed E-state index contributed by atoms with van der Waals surface area (Å²) in [6.45, 7) is 2.27. The number of fused-ring (bicyclic) bond motifs is 2. The molecule has 2 heterocycles. The topological polar surface area (TPSA) is 41.6 Å². The van der Waals surface area contributed by atoms with E-state index in [9.17, 15) is 4.79 Å². The van der Waals surface area contributed by atoms with Crippen LogP contribution in [0.5, 0.6) is 5.75 Å². The number of amides is 1. The quantitative estimate of drug-likeness (QED) is 0.667. The largest absolute Gasteiger partial charge is 0.468 e. The molecule has 15 heavy (non-hydrogen) atoms. The molecule has 2 aliphatic rings. The summed E-state index contributed by atoms with van der Waals surface area (Å²) in [6.07, 6.45) is -0.138. The number of nitrogens with one attached hydrogen (secondary N) is 1. The van der Waals surface area contributed by atoms with Gasteiger partial charge in [-0.2, -0.15) is 0 Å². The lowest BCUT2D eigenvalue weighted by molar-refractivity contribution is -0.000773. The van der Waals surface area contributed by atoms with E-state index in [1.54, 1.807) is 4.90 Å². The molecule has 3 rings (SSSR count). The molecule has 2 aliphatic heterocycles. The first-order valence-electron chi connectivity index (χ1n) is 5.13. The van der Waals surface area contributed by atoms with Crippen LogP contribution in [0, 0.1) is 0 Å². The highest BCUT2D eigenvalue weighted by Gasteiger charge is 2.34. The van der Waals surface area contributed by atoms with E-state index in [2.05, 4.69) is 5.32 Å². The Hall–Kier alpha value is -1.55. The third-order valence-electron chi connectivity index (χ3n) is 2.84. The van der Waals surface area contributed by atoms with E-state index in [0.717, 1.165) is 13.1 Å². The maximum absolute atomic E-state index is 12.1. The number of ether oxygens (including phenoxy) is 1. The molecule has 1 atom stereocenters. The molecule has 0 radical (unpaired) electrons. The summed E-state index contributed by atoms with van der Waals surface area (Å²) in [5.74, 6) is 0.788. The average molecular weight is 204 g/mol. The van der Waals surface area contributed by atoms with Gasteiger partial charge in [-0.1, -0.05) is 12.1 Å². The van der Waals surface area contributed by atoms with Crippen molar-refractivity contribution in [3.63, 3.8) is 0 Å². The van der Waals surface area contributed by atoms with Gasteiger partial charge in [0.2, 0.25) is 0 Å². The molecule has 1 saturated heterocycles. The van der Waals surface area contributed by atoms with E-state index < -0.39 is 0 Å². The Balaban J connectivity index is 2.02. The average Bonchev–Trinajstić information content (AvgIpc) is 2.30. The van der Waals surface area contributed by atoms with Crippen molar-refractivity contribution in [3.05, 3.63) is 29.8 Å². The second-order valence-electron chi connectivity index (χ2n) is 3.77. The molecule has 78 valence electrons. The summed E-state index contributed by atoms with van der Waals surface area (Å²) in [4.78, 5) is 13.9. The summed E-state index contributed by atoms with van der Waals surface area (Å²) in [7, 11) is 0. The maximum Gasteiger partial charge on any atom is 0.260 e. The maximum atomic E-state index is 12.1. The van der Waals surface area contributed by atoms with Crippen LogP contribution in [0.4, 0.5) is 0 Å². The Kier molecular flexibility index (Phi) is 1.89. The zero-order chi connectivity index (χ0) is 10.3. The van der Waals surface area contributed by atoms with Gasteiger partial charge in [0, 0.05) is 13.1 Å². The number of rotatable bonds is 0. The predicted molar refractivity (Wildman–Crippen MR) is 54.8 cm³/mol. The van der Waals surface area contributed by atoms with Gasteiger partial charge in [-0.15, -0.1) is 0 Å². The molecule has 0 saturated carbocycles. The Morgan fingerprint density at radius 3 is 3.20 bits per heavy atom. The minimum absolute atomic E-state index is 0.0864. The fraction of sp³-hybridized carbons (Fsp3) is 0.364. The summed E-state index contributed by atoms with van der Waals surface area (Å²) in [5, 5.41) is 3.22. The van der Waals surface area contributed by atoms with Gasteiger partial charge in [0.25, 0.3) is 5.91 Å².